The fraction of sp³-hybridized carbons (Fsp3) is 0.190. The Kier molecular flexibility index (Phi) is 5.98. The number of carbonyl (C=O) groups is 1. The molecule has 1 amide bonds. The molecule has 1 aromatic heterocycles. The van der Waals surface area contributed by atoms with Crippen molar-refractivity contribution < 1.29 is 9.18 Å². The second-order valence-corrected chi connectivity index (χ2v) is 7.10. The Morgan fingerprint density at radius 1 is 1.21 bits per heavy atom. The van der Waals surface area contributed by atoms with E-state index in [4.69, 9.17) is 11.6 Å². The molecule has 0 fully saturated rings. The van der Waals surface area contributed by atoms with Crippen molar-refractivity contribution in [1.82, 2.24) is 9.55 Å². The van der Waals surface area contributed by atoms with Gasteiger partial charge < -0.3 is 10.2 Å². The lowest BCUT2D eigenvalue weighted by atomic mass is 10.2. The van der Waals surface area contributed by atoms with E-state index in [1.54, 1.807) is 57.3 Å². The molecule has 0 spiro atoms. The van der Waals surface area contributed by atoms with Crippen molar-refractivity contribution in [3.05, 3.63) is 81.0 Å². The number of nitrogens with one attached hydrogen (secondary N) is 1. The zero-order chi connectivity index (χ0) is 21.1. The number of hydrogen-bond acceptors (Lipinski definition) is 4. The first-order chi connectivity index (χ1) is 13.7. The summed E-state index contributed by atoms with van der Waals surface area (Å²) in [7, 11) is 1.61. The van der Waals surface area contributed by atoms with Gasteiger partial charge in [0.05, 0.1) is 0 Å². The first kappa shape index (κ1) is 20.5. The Hall–Kier alpha value is -3.19. The van der Waals surface area contributed by atoms with Crippen LogP contribution in [0.5, 0.6) is 0 Å². The second kappa shape index (κ2) is 8.45. The molecule has 0 aliphatic rings. The Morgan fingerprint density at radius 2 is 1.97 bits per heavy atom. The number of carbonyl (C=O) groups excluding carboxylic acids is 1. The lowest BCUT2D eigenvalue weighted by Crippen LogP contribution is -2.35. The van der Waals surface area contributed by atoms with Crippen LogP contribution in [0.2, 0.25) is 5.02 Å². The van der Waals surface area contributed by atoms with Gasteiger partial charge in [0.25, 0.3) is 5.56 Å². The number of nitrogens with zero attached hydrogens (tertiary/aromatic N) is 3. The maximum Gasteiger partial charge on any atom is 0.255 e. The first-order valence-corrected chi connectivity index (χ1v) is 9.26. The van der Waals surface area contributed by atoms with Crippen molar-refractivity contribution in [3.63, 3.8) is 0 Å². The van der Waals surface area contributed by atoms with Crippen LogP contribution < -0.4 is 15.8 Å². The highest BCUT2D eigenvalue weighted by molar-refractivity contribution is 6.30. The monoisotopic (exact) mass is 414 g/mol. The smallest absolute Gasteiger partial charge is 0.255 e. The molecule has 0 bridgehead atoms. The van der Waals surface area contributed by atoms with Gasteiger partial charge in [-0.25, -0.2) is 9.37 Å². The molecule has 1 heterocycles. The number of amides is 1. The van der Waals surface area contributed by atoms with Gasteiger partial charge in [-0.2, -0.15) is 0 Å². The van der Waals surface area contributed by atoms with Crippen LogP contribution in [-0.2, 0) is 11.3 Å². The van der Waals surface area contributed by atoms with Crippen LogP contribution in [0.25, 0.3) is 0 Å². The van der Waals surface area contributed by atoms with E-state index in [1.165, 1.54) is 21.6 Å². The number of aromatic nitrogens is 2. The molecule has 0 aliphatic carbocycles. The summed E-state index contributed by atoms with van der Waals surface area (Å²) in [6.07, 6.45) is 0. The zero-order valence-electron chi connectivity index (χ0n) is 16.2. The van der Waals surface area contributed by atoms with E-state index < -0.39 is 0 Å². The molecule has 29 heavy (non-hydrogen) atoms. The minimum Gasteiger partial charge on any atom is -0.326 e. The number of likely N-dealkylation sites (N-methyl/N-ethyl adjacent to an activating group) is 1. The summed E-state index contributed by atoms with van der Waals surface area (Å²) in [4.78, 5) is 31.1. The highest BCUT2D eigenvalue weighted by Crippen LogP contribution is 2.20. The van der Waals surface area contributed by atoms with Crippen LogP contribution in [0.4, 0.5) is 21.7 Å². The lowest BCUT2D eigenvalue weighted by Gasteiger charge is -2.20. The average Bonchev–Trinajstić information content (AvgIpc) is 2.66. The van der Waals surface area contributed by atoms with Gasteiger partial charge in [0.1, 0.15) is 12.4 Å². The largest absolute Gasteiger partial charge is 0.326 e. The molecule has 6 nitrogen and oxygen atoms in total. The van der Waals surface area contributed by atoms with Gasteiger partial charge >= 0.3 is 0 Å². The molecular weight excluding hydrogens is 395 g/mol. The van der Waals surface area contributed by atoms with E-state index in [0.29, 0.717) is 27.7 Å². The first-order valence-electron chi connectivity index (χ1n) is 8.88. The fourth-order valence-corrected chi connectivity index (χ4v) is 2.98. The van der Waals surface area contributed by atoms with E-state index in [1.807, 2.05) is 0 Å². The third kappa shape index (κ3) is 4.81. The van der Waals surface area contributed by atoms with Crippen LogP contribution in [0.1, 0.15) is 11.3 Å². The molecule has 2 aromatic carbocycles. The van der Waals surface area contributed by atoms with Crippen molar-refractivity contribution >= 4 is 34.8 Å². The van der Waals surface area contributed by atoms with E-state index in [2.05, 4.69) is 10.3 Å². The highest BCUT2D eigenvalue weighted by atomic mass is 35.5. The standard InChI is InChI=1S/C21H20ClFN4O2/c1-13-9-16(7-8-18(13)23)25-21-24-14(2)10-19(28)27(21)12-20(29)26(3)17-6-4-5-15(22)11-17/h4-11H,12H2,1-3H3,(H,24,25). The van der Waals surface area contributed by atoms with Gasteiger partial charge in [0, 0.05) is 35.2 Å². The maximum absolute atomic E-state index is 13.5. The SMILES string of the molecule is Cc1cc(=O)n(CC(=O)N(C)c2cccc(Cl)c2)c(Nc2ccc(F)c(C)c2)n1. The van der Waals surface area contributed by atoms with E-state index in [0.717, 1.165) is 0 Å². The molecule has 150 valence electrons. The molecule has 0 atom stereocenters. The molecule has 0 aliphatic heterocycles. The third-order valence-electron chi connectivity index (χ3n) is 4.41. The quantitative estimate of drug-likeness (QED) is 0.683. The van der Waals surface area contributed by atoms with E-state index in [9.17, 15) is 14.0 Å². The number of halogens is 2. The molecule has 0 saturated carbocycles. The molecular formula is C21H20ClFN4O2. The average molecular weight is 415 g/mol. The number of aryl methyl sites for hydroxylation is 2. The summed E-state index contributed by atoms with van der Waals surface area (Å²) in [5.74, 6) is -0.448. The van der Waals surface area contributed by atoms with Crippen molar-refractivity contribution in [3.8, 4) is 0 Å². The Bertz CT molecular complexity index is 1130. The molecule has 1 N–H and O–H groups in total. The van der Waals surface area contributed by atoms with Crippen LogP contribution in [-0.4, -0.2) is 22.5 Å². The number of hydrogen-bond donors (Lipinski definition) is 1. The summed E-state index contributed by atoms with van der Waals surface area (Å²) >= 11 is 6.00. The minimum atomic E-state index is -0.369. The molecule has 3 rings (SSSR count). The summed E-state index contributed by atoms with van der Waals surface area (Å²) in [5.41, 5.74) is 1.76. The Morgan fingerprint density at radius 3 is 2.66 bits per heavy atom. The highest BCUT2D eigenvalue weighted by Gasteiger charge is 2.16. The molecule has 0 radical (unpaired) electrons. The van der Waals surface area contributed by atoms with Gasteiger partial charge in [0.2, 0.25) is 11.9 Å². The van der Waals surface area contributed by atoms with Crippen LogP contribution in [0.3, 0.4) is 0 Å². The molecule has 0 saturated heterocycles. The van der Waals surface area contributed by atoms with Gasteiger partial charge in [0.15, 0.2) is 0 Å². The topological polar surface area (TPSA) is 67.2 Å². The zero-order valence-corrected chi connectivity index (χ0v) is 17.0. The van der Waals surface area contributed by atoms with E-state index >= 15 is 0 Å². The van der Waals surface area contributed by atoms with Crippen molar-refractivity contribution in [2.45, 2.75) is 20.4 Å². The van der Waals surface area contributed by atoms with Crippen LogP contribution >= 0.6 is 11.6 Å². The van der Waals surface area contributed by atoms with E-state index in [-0.39, 0.29) is 29.8 Å². The number of rotatable bonds is 5. The predicted octanol–water partition coefficient (Wildman–Crippen LogP) is 4.06. The van der Waals surface area contributed by atoms with Crippen LogP contribution in [0.15, 0.2) is 53.3 Å². The second-order valence-electron chi connectivity index (χ2n) is 6.67. The van der Waals surface area contributed by atoms with Gasteiger partial charge in [-0.1, -0.05) is 17.7 Å². The summed E-state index contributed by atoms with van der Waals surface area (Å²) < 4.78 is 14.8. The maximum atomic E-state index is 13.5. The molecule has 8 heteroatoms. The number of benzene rings is 2. The summed E-state index contributed by atoms with van der Waals surface area (Å²) in [6.45, 7) is 3.10. The van der Waals surface area contributed by atoms with Gasteiger partial charge in [-0.05, 0) is 55.8 Å². The van der Waals surface area contributed by atoms with Crippen LogP contribution in [0, 0.1) is 19.7 Å². The Labute approximate surface area is 172 Å². The predicted molar refractivity (Wildman–Crippen MR) is 113 cm³/mol. The molecule has 3 aromatic rings. The minimum absolute atomic E-state index is 0.203. The lowest BCUT2D eigenvalue weighted by molar-refractivity contribution is -0.118. The number of anilines is 3. The van der Waals surface area contributed by atoms with Gasteiger partial charge in [-0.15, -0.1) is 0 Å². The van der Waals surface area contributed by atoms with Crippen molar-refractivity contribution in [2.24, 2.45) is 0 Å². The Balaban J connectivity index is 1.91. The van der Waals surface area contributed by atoms with Crippen molar-refractivity contribution in [1.29, 1.82) is 0 Å². The summed E-state index contributed by atoms with van der Waals surface area (Å²) in [6, 6.07) is 12.7. The molecule has 0 unspecified atom stereocenters. The normalized spacial score (nSPS) is 10.7. The summed E-state index contributed by atoms with van der Waals surface area (Å²) in [5, 5.41) is 3.51. The fourth-order valence-electron chi connectivity index (χ4n) is 2.79. The van der Waals surface area contributed by atoms with Gasteiger partial charge in [-0.3, -0.25) is 14.2 Å². The third-order valence-corrected chi connectivity index (χ3v) is 4.65. The van der Waals surface area contributed by atoms with Crippen molar-refractivity contribution in [2.75, 3.05) is 17.3 Å².